The number of halogens is 1. The van der Waals surface area contributed by atoms with Gasteiger partial charge in [0.05, 0.1) is 0 Å². The molecule has 1 fully saturated rings. The summed E-state index contributed by atoms with van der Waals surface area (Å²) in [6.45, 7) is 3.11. The summed E-state index contributed by atoms with van der Waals surface area (Å²) in [5, 5.41) is 4.39. The zero-order valence-corrected chi connectivity index (χ0v) is 12.6. The van der Waals surface area contributed by atoms with E-state index in [9.17, 15) is 0 Å². The fourth-order valence-corrected chi connectivity index (χ4v) is 2.64. The number of rotatable bonds is 5. The highest BCUT2D eigenvalue weighted by molar-refractivity contribution is 6.30. The topological polar surface area (TPSA) is 12.0 Å². The molecule has 1 aliphatic carbocycles. The van der Waals surface area contributed by atoms with Crippen molar-refractivity contribution in [1.82, 2.24) is 5.32 Å². The molecule has 0 saturated heterocycles. The Morgan fingerprint density at radius 1 is 1.15 bits per heavy atom. The van der Waals surface area contributed by atoms with Gasteiger partial charge in [-0.15, -0.1) is 0 Å². The van der Waals surface area contributed by atoms with Crippen LogP contribution in [-0.2, 0) is 13.0 Å². The summed E-state index contributed by atoms with van der Waals surface area (Å²) < 4.78 is 0. The van der Waals surface area contributed by atoms with Crippen LogP contribution in [0.3, 0.4) is 0 Å². The molecule has 0 atom stereocenters. The summed E-state index contributed by atoms with van der Waals surface area (Å²) in [6, 6.07) is 15.7. The Kier molecular flexibility index (Phi) is 4.09. The van der Waals surface area contributed by atoms with Crippen molar-refractivity contribution in [3.63, 3.8) is 0 Å². The molecular weight excluding hydrogens is 266 g/mol. The Morgan fingerprint density at radius 2 is 2.00 bits per heavy atom. The highest BCUT2D eigenvalue weighted by atomic mass is 35.5. The van der Waals surface area contributed by atoms with Gasteiger partial charge in [0.25, 0.3) is 0 Å². The number of benzene rings is 2. The van der Waals surface area contributed by atoms with Crippen LogP contribution in [-0.4, -0.2) is 6.04 Å². The van der Waals surface area contributed by atoms with Crippen molar-refractivity contribution in [3.8, 4) is 11.1 Å². The zero-order valence-electron chi connectivity index (χ0n) is 11.8. The molecule has 20 heavy (non-hydrogen) atoms. The molecule has 1 aliphatic rings. The monoisotopic (exact) mass is 285 g/mol. The van der Waals surface area contributed by atoms with Crippen molar-refractivity contribution in [2.45, 2.75) is 38.8 Å². The molecule has 2 aromatic rings. The quantitative estimate of drug-likeness (QED) is 0.830. The number of hydrogen-bond donors (Lipinski definition) is 1. The molecule has 0 unspecified atom stereocenters. The van der Waals surface area contributed by atoms with Crippen LogP contribution in [0.1, 0.15) is 30.9 Å². The standard InChI is InChI=1S/C18H20ClN/c1-2-13-4-3-5-14(10-13)18-11-16(19)7-6-15(18)12-20-17-8-9-17/h3-7,10-11,17,20H,2,8-9,12H2,1H3. The van der Waals surface area contributed by atoms with E-state index in [1.54, 1.807) is 0 Å². The maximum Gasteiger partial charge on any atom is 0.0412 e. The lowest BCUT2D eigenvalue weighted by Gasteiger charge is -2.12. The SMILES string of the molecule is CCc1cccc(-c2cc(Cl)ccc2CNC2CC2)c1. The predicted octanol–water partition coefficient (Wildman–Crippen LogP) is 4.82. The van der Waals surface area contributed by atoms with E-state index in [4.69, 9.17) is 11.6 Å². The van der Waals surface area contributed by atoms with Gasteiger partial charge in [-0.05, 0) is 53.6 Å². The van der Waals surface area contributed by atoms with Crippen LogP contribution in [0, 0.1) is 0 Å². The van der Waals surface area contributed by atoms with Gasteiger partial charge in [0.15, 0.2) is 0 Å². The highest BCUT2D eigenvalue weighted by Crippen LogP contribution is 2.29. The lowest BCUT2D eigenvalue weighted by molar-refractivity contribution is 0.689. The van der Waals surface area contributed by atoms with E-state index in [2.05, 4.69) is 48.6 Å². The van der Waals surface area contributed by atoms with E-state index in [1.807, 2.05) is 6.07 Å². The molecule has 0 amide bonds. The minimum atomic E-state index is 0.723. The molecule has 0 heterocycles. The first-order chi connectivity index (χ1) is 9.76. The molecule has 0 radical (unpaired) electrons. The second-order valence-corrected chi connectivity index (χ2v) is 5.95. The molecule has 1 saturated carbocycles. The Labute approximate surface area is 126 Å². The third kappa shape index (κ3) is 3.23. The molecule has 1 nitrogen and oxygen atoms in total. The molecule has 3 rings (SSSR count). The van der Waals surface area contributed by atoms with E-state index in [1.165, 1.54) is 35.1 Å². The Balaban J connectivity index is 1.94. The summed E-state index contributed by atoms with van der Waals surface area (Å²) in [6.07, 6.45) is 3.69. The van der Waals surface area contributed by atoms with Crippen molar-refractivity contribution < 1.29 is 0 Å². The summed E-state index contributed by atoms with van der Waals surface area (Å²) in [5.41, 5.74) is 5.21. The van der Waals surface area contributed by atoms with Gasteiger partial charge in [0.1, 0.15) is 0 Å². The maximum atomic E-state index is 6.20. The van der Waals surface area contributed by atoms with Crippen LogP contribution < -0.4 is 5.32 Å². The van der Waals surface area contributed by atoms with Gasteiger partial charge in [-0.2, -0.15) is 0 Å². The fraction of sp³-hybridized carbons (Fsp3) is 0.333. The van der Waals surface area contributed by atoms with Crippen LogP contribution in [0.25, 0.3) is 11.1 Å². The number of nitrogens with one attached hydrogen (secondary N) is 1. The maximum absolute atomic E-state index is 6.20. The molecule has 2 aromatic carbocycles. The number of aryl methyl sites for hydroxylation is 1. The Bertz CT molecular complexity index is 602. The molecule has 1 N–H and O–H groups in total. The molecule has 0 bridgehead atoms. The predicted molar refractivity (Wildman–Crippen MR) is 86.1 cm³/mol. The smallest absolute Gasteiger partial charge is 0.0412 e. The Morgan fingerprint density at radius 3 is 2.75 bits per heavy atom. The lowest BCUT2D eigenvalue weighted by atomic mass is 9.97. The first kappa shape index (κ1) is 13.7. The van der Waals surface area contributed by atoms with Gasteiger partial charge < -0.3 is 5.32 Å². The summed E-state index contributed by atoms with van der Waals surface area (Å²) >= 11 is 6.20. The molecule has 0 aromatic heterocycles. The first-order valence-corrected chi connectivity index (χ1v) is 7.75. The third-order valence-corrected chi connectivity index (χ3v) is 4.11. The molecule has 104 valence electrons. The van der Waals surface area contributed by atoms with Gasteiger partial charge in [-0.25, -0.2) is 0 Å². The lowest BCUT2D eigenvalue weighted by Crippen LogP contribution is -2.15. The normalized spacial score (nSPS) is 14.5. The largest absolute Gasteiger partial charge is 0.310 e. The Hall–Kier alpha value is -1.31. The van der Waals surface area contributed by atoms with Gasteiger partial charge in [-0.3, -0.25) is 0 Å². The van der Waals surface area contributed by atoms with Crippen LogP contribution in [0.15, 0.2) is 42.5 Å². The molecule has 0 spiro atoms. The minimum Gasteiger partial charge on any atom is -0.310 e. The van der Waals surface area contributed by atoms with E-state index >= 15 is 0 Å². The van der Waals surface area contributed by atoms with Crippen molar-refractivity contribution in [2.75, 3.05) is 0 Å². The second-order valence-electron chi connectivity index (χ2n) is 5.51. The second kappa shape index (κ2) is 5.99. The van der Waals surface area contributed by atoms with Crippen molar-refractivity contribution >= 4 is 11.6 Å². The summed E-state index contributed by atoms with van der Waals surface area (Å²) in [4.78, 5) is 0. The zero-order chi connectivity index (χ0) is 13.9. The first-order valence-electron chi connectivity index (χ1n) is 7.37. The van der Waals surface area contributed by atoms with Crippen molar-refractivity contribution in [2.24, 2.45) is 0 Å². The van der Waals surface area contributed by atoms with E-state index in [-0.39, 0.29) is 0 Å². The molecular formula is C18H20ClN. The van der Waals surface area contributed by atoms with E-state index in [0.717, 1.165) is 24.0 Å². The average molecular weight is 286 g/mol. The third-order valence-electron chi connectivity index (χ3n) is 3.88. The number of hydrogen-bond acceptors (Lipinski definition) is 1. The van der Waals surface area contributed by atoms with E-state index < -0.39 is 0 Å². The van der Waals surface area contributed by atoms with Gasteiger partial charge in [0, 0.05) is 17.6 Å². The van der Waals surface area contributed by atoms with Crippen LogP contribution >= 0.6 is 11.6 Å². The highest BCUT2D eigenvalue weighted by Gasteiger charge is 2.20. The van der Waals surface area contributed by atoms with Crippen LogP contribution in [0.4, 0.5) is 0 Å². The van der Waals surface area contributed by atoms with Crippen molar-refractivity contribution in [3.05, 3.63) is 58.6 Å². The molecule has 2 heteroatoms. The van der Waals surface area contributed by atoms with Gasteiger partial charge >= 0.3 is 0 Å². The van der Waals surface area contributed by atoms with Gasteiger partial charge in [-0.1, -0.05) is 48.9 Å². The summed E-state index contributed by atoms with van der Waals surface area (Å²) in [7, 11) is 0. The average Bonchev–Trinajstić information content (AvgIpc) is 3.30. The minimum absolute atomic E-state index is 0.723. The fourth-order valence-electron chi connectivity index (χ4n) is 2.47. The molecule has 0 aliphatic heterocycles. The van der Waals surface area contributed by atoms with Crippen molar-refractivity contribution in [1.29, 1.82) is 0 Å². The van der Waals surface area contributed by atoms with Crippen LogP contribution in [0.5, 0.6) is 0 Å². The van der Waals surface area contributed by atoms with E-state index in [0.29, 0.717) is 0 Å². The van der Waals surface area contributed by atoms with Crippen LogP contribution in [0.2, 0.25) is 5.02 Å². The summed E-state index contributed by atoms with van der Waals surface area (Å²) in [5.74, 6) is 0. The van der Waals surface area contributed by atoms with Gasteiger partial charge in [0.2, 0.25) is 0 Å².